The molecule has 2 heterocycles. The first-order valence-electron chi connectivity index (χ1n) is 14.3. The Hall–Kier alpha value is -3.84. The van der Waals surface area contributed by atoms with Crippen LogP contribution in [0.4, 0.5) is 0 Å². The van der Waals surface area contributed by atoms with E-state index in [1.165, 1.54) is 23.8 Å². The third-order valence-corrected chi connectivity index (χ3v) is 8.50. The molecule has 1 aliphatic carbocycles. The van der Waals surface area contributed by atoms with Crippen LogP contribution in [0, 0.1) is 11.8 Å². The molecule has 1 aliphatic rings. The molecule has 0 saturated heterocycles. The molecule has 0 unspecified atom stereocenters. The molecule has 1 N–H and O–H groups in total. The summed E-state index contributed by atoms with van der Waals surface area (Å²) in [6, 6.07) is 19.0. The van der Waals surface area contributed by atoms with Gasteiger partial charge >= 0.3 is 0 Å². The quantitative estimate of drug-likeness (QED) is 0.248. The highest BCUT2D eigenvalue weighted by molar-refractivity contribution is 6.06. The van der Waals surface area contributed by atoms with Gasteiger partial charge < -0.3 is 14.5 Å². The largest absolute Gasteiger partial charge is 0.497 e. The van der Waals surface area contributed by atoms with Crippen LogP contribution in [-0.4, -0.2) is 41.6 Å². The third kappa shape index (κ3) is 5.99. The second-order valence-corrected chi connectivity index (χ2v) is 11.0. The number of pyridine rings is 1. The molecule has 40 heavy (non-hydrogen) atoms. The lowest BCUT2D eigenvalue weighted by Crippen LogP contribution is -2.44. The molecule has 1 fully saturated rings. The van der Waals surface area contributed by atoms with E-state index in [2.05, 4.69) is 24.1 Å². The monoisotopic (exact) mass is 541 g/mol. The topological polar surface area (TPSA) is 76.7 Å². The maximum absolute atomic E-state index is 13.5. The first-order chi connectivity index (χ1) is 19.5. The highest BCUT2D eigenvalue weighted by Gasteiger charge is 2.31. The number of rotatable bonds is 10. The number of carbonyl (C=O) groups excluding carboxylic acids is 1. The summed E-state index contributed by atoms with van der Waals surface area (Å²) in [7, 11) is 1.60. The molecule has 1 amide bonds. The van der Waals surface area contributed by atoms with Crippen molar-refractivity contribution in [1.82, 2.24) is 14.8 Å². The zero-order valence-corrected chi connectivity index (χ0v) is 23.6. The molecule has 1 saturated carbocycles. The van der Waals surface area contributed by atoms with Crippen LogP contribution in [0.5, 0.6) is 5.75 Å². The van der Waals surface area contributed by atoms with Crippen LogP contribution in [0.1, 0.15) is 55.6 Å². The van der Waals surface area contributed by atoms with Gasteiger partial charge in [-0.25, -0.2) is 0 Å². The van der Waals surface area contributed by atoms with Gasteiger partial charge in [0.25, 0.3) is 11.5 Å². The van der Waals surface area contributed by atoms with Gasteiger partial charge in [-0.1, -0.05) is 44.9 Å². The maximum atomic E-state index is 13.5. The second-order valence-electron chi connectivity index (χ2n) is 11.0. The number of furan rings is 1. The third-order valence-electron chi connectivity index (χ3n) is 8.50. The number of aromatic nitrogens is 1. The molecule has 4 aromatic rings. The van der Waals surface area contributed by atoms with Crippen molar-refractivity contribution >= 4 is 16.7 Å². The van der Waals surface area contributed by atoms with Gasteiger partial charge in [-0.15, -0.1) is 0 Å². The van der Waals surface area contributed by atoms with Crippen molar-refractivity contribution in [1.29, 1.82) is 0 Å². The SMILES string of the molecule is COc1ccc(-n2cc(C(=O)NCCCN(Cc3ccco3)[C@@H]3CCC[C@@H](C)[C@@H]3C)c3ccccc3c2=O)cc1. The molecule has 7 nitrogen and oxygen atoms in total. The highest BCUT2D eigenvalue weighted by Crippen LogP contribution is 2.33. The second kappa shape index (κ2) is 12.6. The molecule has 0 aliphatic heterocycles. The number of nitrogens with one attached hydrogen (secondary N) is 1. The van der Waals surface area contributed by atoms with Crippen LogP contribution in [0.15, 0.2) is 82.3 Å². The Morgan fingerprint density at radius 1 is 1.05 bits per heavy atom. The summed E-state index contributed by atoms with van der Waals surface area (Å²) < 4.78 is 12.5. The summed E-state index contributed by atoms with van der Waals surface area (Å²) in [5.41, 5.74) is 0.991. The fourth-order valence-corrected chi connectivity index (χ4v) is 6.02. The van der Waals surface area contributed by atoms with Gasteiger partial charge in [0, 0.05) is 41.8 Å². The summed E-state index contributed by atoms with van der Waals surface area (Å²) >= 11 is 0. The number of fused-ring (bicyclic) bond motifs is 1. The molecule has 3 atom stereocenters. The van der Waals surface area contributed by atoms with Gasteiger partial charge in [0.05, 0.1) is 25.5 Å². The lowest BCUT2D eigenvalue weighted by molar-refractivity contribution is 0.0680. The van der Waals surface area contributed by atoms with Crippen molar-refractivity contribution in [3.05, 3.63) is 94.8 Å². The lowest BCUT2D eigenvalue weighted by atomic mass is 9.77. The van der Waals surface area contributed by atoms with E-state index in [4.69, 9.17) is 9.15 Å². The average Bonchev–Trinajstić information content (AvgIpc) is 3.50. The Balaban J connectivity index is 1.31. The Morgan fingerprint density at radius 3 is 2.55 bits per heavy atom. The fourth-order valence-electron chi connectivity index (χ4n) is 6.02. The normalized spacial score (nSPS) is 19.1. The van der Waals surface area contributed by atoms with Crippen molar-refractivity contribution in [2.24, 2.45) is 11.8 Å². The number of hydrogen-bond donors (Lipinski definition) is 1. The highest BCUT2D eigenvalue weighted by atomic mass is 16.5. The Kier molecular flexibility index (Phi) is 8.70. The Morgan fingerprint density at radius 2 is 1.82 bits per heavy atom. The molecule has 0 radical (unpaired) electrons. The number of nitrogens with zero attached hydrogens (tertiary/aromatic N) is 2. The predicted molar refractivity (Wildman–Crippen MR) is 158 cm³/mol. The van der Waals surface area contributed by atoms with Crippen molar-refractivity contribution in [2.45, 2.75) is 52.1 Å². The number of ether oxygens (including phenoxy) is 1. The van der Waals surface area contributed by atoms with Gasteiger partial charge in [-0.05, 0) is 67.1 Å². The van der Waals surface area contributed by atoms with E-state index < -0.39 is 0 Å². The van der Waals surface area contributed by atoms with Crippen LogP contribution in [-0.2, 0) is 6.54 Å². The predicted octanol–water partition coefficient (Wildman–Crippen LogP) is 6.04. The summed E-state index contributed by atoms with van der Waals surface area (Å²) in [5, 5.41) is 4.28. The van der Waals surface area contributed by atoms with E-state index in [1.54, 1.807) is 37.8 Å². The molecule has 0 bridgehead atoms. The van der Waals surface area contributed by atoms with Crippen LogP contribution in [0.2, 0.25) is 0 Å². The molecule has 5 rings (SSSR count). The molecule has 210 valence electrons. The Bertz CT molecular complexity index is 1480. The molecular weight excluding hydrogens is 502 g/mol. The van der Waals surface area contributed by atoms with Crippen LogP contribution in [0.3, 0.4) is 0 Å². The first kappa shape index (κ1) is 27.7. The van der Waals surface area contributed by atoms with Gasteiger partial charge in [0.15, 0.2) is 0 Å². The van der Waals surface area contributed by atoms with E-state index in [-0.39, 0.29) is 11.5 Å². The summed E-state index contributed by atoms with van der Waals surface area (Å²) in [4.78, 5) is 29.3. The number of benzene rings is 2. The van der Waals surface area contributed by atoms with Crippen molar-refractivity contribution in [3.63, 3.8) is 0 Å². The summed E-state index contributed by atoms with van der Waals surface area (Å²) in [6.45, 7) is 6.92. The van der Waals surface area contributed by atoms with Crippen LogP contribution < -0.4 is 15.6 Å². The minimum Gasteiger partial charge on any atom is -0.497 e. The lowest BCUT2D eigenvalue weighted by Gasteiger charge is -2.41. The van der Waals surface area contributed by atoms with E-state index in [0.717, 1.165) is 25.3 Å². The van der Waals surface area contributed by atoms with Crippen LogP contribution in [0.25, 0.3) is 16.5 Å². The number of amides is 1. The van der Waals surface area contributed by atoms with Gasteiger partial charge in [0.2, 0.25) is 0 Å². The van der Waals surface area contributed by atoms with E-state index in [0.29, 0.717) is 52.2 Å². The van der Waals surface area contributed by atoms with Crippen molar-refractivity contribution in [2.75, 3.05) is 20.2 Å². The van der Waals surface area contributed by atoms with E-state index in [9.17, 15) is 9.59 Å². The minimum atomic E-state index is -0.185. The van der Waals surface area contributed by atoms with E-state index >= 15 is 0 Å². The smallest absolute Gasteiger partial charge is 0.262 e. The molecule has 2 aromatic carbocycles. The molecule has 0 spiro atoms. The first-order valence-corrected chi connectivity index (χ1v) is 14.3. The standard InChI is InChI=1S/C33H39N3O4/c1-23-9-6-13-31(24(23)2)35(21-27-10-7-20-40-27)19-8-18-34-32(37)30-22-36(25-14-16-26(39-3)17-15-25)33(38)29-12-5-4-11-28(29)30/h4-5,7,10-12,14-17,20,22-24,31H,6,8-9,13,18-19,21H2,1-3H3,(H,34,37)/t23-,24+,31-/m1/s1. The summed E-state index contributed by atoms with van der Waals surface area (Å²) in [6.07, 6.45) is 7.93. The molecular formula is C33H39N3O4. The molecule has 7 heteroatoms. The number of carbonyl (C=O) groups is 1. The number of hydrogen-bond acceptors (Lipinski definition) is 5. The van der Waals surface area contributed by atoms with Gasteiger partial charge in [0.1, 0.15) is 11.5 Å². The zero-order chi connectivity index (χ0) is 28.1. The van der Waals surface area contributed by atoms with Crippen molar-refractivity contribution < 1.29 is 13.9 Å². The maximum Gasteiger partial charge on any atom is 0.262 e. The van der Waals surface area contributed by atoms with Gasteiger partial charge in [-0.2, -0.15) is 0 Å². The minimum absolute atomic E-state index is 0.165. The number of methoxy groups -OCH3 is 1. The summed E-state index contributed by atoms with van der Waals surface area (Å²) in [5.74, 6) is 2.81. The zero-order valence-electron chi connectivity index (χ0n) is 23.6. The van der Waals surface area contributed by atoms with Crippen LogP contribution >= 0.6 is 0 Å². The Labute approximate surface area is 235 Å². The fraction of sp³-hybridized carbons (Fsp3) is 0.394. The van der Waals surface area contributed by atoms with Gasteiger partial charge in [-0.3, -0.25) is 19.1 Å². The average molecular weight is 542 g/mol. The molecule has 2 aromatic heterocycles. The van der Waals surface area contributed by atoms with Crippen molar-refractivity contribution in [3.8, 4) is 11.4 Å². The van der Waals surface area contributed by atoms with E-state index in [1.807, 2.05) is 42.5 Å².